The van der Waals surface area contributed by atoms with Gasteiger partial charge in [0.25, 0.3) is 0 Å². The van der Waals surface area contributed by atoms with Crippen LogP contribution < -0.4 is 5.32 Å². The molecule has 0 aliphatic carbocycles. The normalized spacial score (nSPS) is 12.5. The number of ether oxygens (including phenoxy) is 1. The summed E-state index contributed by atoms with van der Waals surface area (Å²) in [6.45, 7) is 0.702. The molecule has 5 heteroatoms. The highest BCUT2D eigenvalue weighted by Gasteiger charge is 2.04. The molecule has 0 amide bonds. The smallest absolute Gasteiger partial charge is 0.0945 e. The molecule has 0 fully saturated rings. The van der Waals surface area contributed by atoms with E-state index in [0.29, 0.717) is 18.2 Å². The number of hydrogen-bond acceptors (Lipinski definition) is 4. The first kappa shape index (κ1) is 11.2. The second kappa shape index (κ2) is 5.80. The molecule has 0 saturated heterocycles. The number of methoxy groups -OCH3 is 1. The quantitative estimate of drug-likeness (QED) is 0.776. The van der Waals surface area contributed by atoms with Gasteiger partial charge in [0.05, 0.1) is 23.4 Å². The maximum Gasteiger partial charge on any atom is 0.0945 e. The summed E-state index contributed by atoms with van der Waals surface area (Å²) in [6.07, 6.45) is 2.65. The summed E-state index contributed by atoms with van der Waals surface area (Å²) in [7, 11) is 1.54. The van der Waals surface area contributed by atoms with E-state index < -0.39 is 6.10 Å². The number of rotatable bonds is 5. The molecule has 1 aromatic rings. The van der Waals surface area contributed by atoms with Crippen LogP contribution in [0, 0.1) is 0 Å². The Morgan fingerprint density at radius 1 is 1.71 bits per heavy atom. The van der Waals surface area contributed by atoms with Crippen LogP contribution in [0.25, 0.3) is 0 Å². The van der Waals surface area contributed by atoms with Gasteiger partial charge in [0.1, 0.15) is 0 Å². The summed E-state index contributed by atoms with van der Waals surface area (Å²) in [5.74, 6) is 0. The second-order valence-electron chi connectivity index (χ2n) is 2.85. The zero-order valence-electron chi connectivity index (χ0n) is 7.90. The van der Waals surface area contributed by atoms with Crippen molar-refractivity contribution in [3.05, 3.63) is 23.5 Å². The van der Waals surface area contributed by atoms with Gasteiger partial charge in [-0.2, -0.15) is 0 Å². The molecular formula is C9H13ClN2O2. The van der Waals surface area contributed by atoms with Crippen molar-refractivity contribution in [2.75, 3.05) is 25.6 Å². The lowest BCUT2D eigenvalue weighted by molar-refractivity contribution is 0.0727. The van der Waals surface area contributed by atoms with Crippen molar-refractivity contribution >= 4 is 17.3 Å². The fourth-order valence-electron chi connectivity index (χ4n) is 0.998. The van der Waals surface area contributed by atoms with Crippen LogP contribution in [0.5, 0.6) is 0 Å². The SMILES string of the molecule is COCC(O)CNc1ccncc1Cl. The zero-order valence-corrected chi connectivity index (χ0v) is 8.66. The minimum absolute atomic E-state index is 0.301. The van der Waals surface area contributed by atoms with Crippen LogP contribution in [0.2, 0.25) is 5.02 Å². The molecule has 0 bridgehead atoms. The van der Waals surface area contributed by atoms with Gasteiger partial charge in [0.15, 0.2) is 0 Å². The van der Waals surface area contributed by atoms with Crippen LogP contribution in [-0.2, 0) is 4.74 Å². The Balaban J connectivity index is 2.41. The largest absolute Gasteiger partial charge is 0.389 e. The van der Waals surface area contributed by atoms with Crippen LogP contribution in [-0.4, -0.2) is 36.5 Å². The molecule has 0 spiro atoms. The summed E-state index contributed by atoms with van der Waals surface area (Å²) in [6, 6.07) is 1.75. The Hall–Kier alpha value is -0.840. The zero-order chi connectivity index (χ0) is 10.4. The van der Waals surface area contributed by atoms with E-state index in [4.69, 9.17) is 16.3 Å². The lowest BCUT2D eigenvalue weighted by atomic mass is 10.3. The van der Waals surface area contributed by atoms with Gasteiger partial charge in [-0.1, -0.05) is 11.6 Å². The molecule has 14 heavy (non-hydrogen) atoms. The Morgan fingerprint density at radius 3 is 3.14 bits per heavy atom. The van der Waals surface area contributed by atoms with E-state index >= 15 is 0 Å². The highest BCUT2D eigenvalue weighted by Crippen LogP contribution is 2.18. The van der Waals surface area contributed by atoms with Crippen LogP contribution in [0.15, 0.2) is 18.5 Å². The van der Waals surface area contributed by atoms with E-state index in [0.717, 1.165) is 5.69 Å². The van der Waals surface area contributed by atoms with Crippen molar-refractivity contribution in [1.82, 2.24) is 4.98 Å². The van der Waals surface area contributed by atoms with Gasteiger partial charge in [-0.3, -0.25) is 4.98 Å². The fraction of sp³-hybridized carbons (Fsp3) is 0.444. The summed E-state index contributed by atoms with van der Waals surface area (Å²) in [5.41, 5.74) is 0.761. The summed E-state index contributed by atoms with van der Waals surface area (Å²) < 4.78 is 4.79. The second-order valence-corrected chi connectivity index (χ2v) is 3.25. The molecule has 1 atom stereocenters. The number of nitrogens with zero attached hydrogens (tertiary/aromatic N) is 1. The molecular weight excluding hydrogens is 204 g/mol. The number of aromatic nitrogens is 1. The molecule has 0 aliphatic heterocycles. The standard InChI is InChI=1S/C9H13ClN2O2/c1-14-6-7(13)4-12-9-2-3-11-5-8(9)10/h2-3,5,7,13H,4,6H2,1H3,(H,11,12). The van der Waals surface area contributed by atoms with Gasteiger partial charge < -0.3 is 15.2 Å². The van der Waals surface area contributed by atoms with Crippen LogP contribution in [0.4, 0.5) is 5.69 Å². The molecule has 0 aromatic carbocycles. The highest BCUT2D eigenvalue weighted by molar-refractivity contribution is 6.33. The Kier molecular flexibility index (Phi) is 4.65. The van der Waals surface area contributed by atoms with E-state index in [2.05, 4.69) is 10.3 Å². The molecule has 4 nitrogen and oxygen atoms in total. The van der Waals surface area contributed by atoms with Gasteiger partial charge in [0, 0.05) is 26.0 Å². The van der Waals surface area contributed by atoms with E-state index in [9.17, 15) is 5.11 Å². The molecule has 0 radical (unpaired) electrons. The van der Waals surface area contributed by atoms with Gasteiger partial charge >= 0.3 is 0 Å². The monoisotopic (exact) mass is 216 g/mol. The number of halogens is 1. The van der Waals surface area contributed by atoms with Crippen molar-refractivity contribution in [3.8, 4) is 0 Å². The van der Waals surface area contributed by atoms with Crippen molar-refractivity contribution < 1.29 is 9.84 Å². The molecule has 0 aliphatic rings. The average Bonchev–Trinajstić information content (AvgIpc) is 2.17. The lowest BCUT2D eigenvalue weighted by Gasteiger charge is -2.12. The predicted molar refractivity (Wildman–Crippen MR) is 55.6 cm³/mol. The Labute approximate surface area is 87.9 Å². The minimum atomic E-state index is -0.538. The third-order valence-electron chi connectivity index (χ3n) is 1.66. The maximum absolute atomic E-state index is 9.36. The third kappa shape index (κ3) is 3.49. The third-order valence-corrected chi connectivity index (χ3v) is 1.96. The van der Waals surface area contributed by atoms with E-state index in [-0.39, 0.29) is 0 Å². The van der Waals surface area contributed by atoms with Gasteiger partial charge in [-0.15, -0.1) is 0 Å². The van der Waals surface area contributed by atoms with Gasteiger partial charge in [-0.25, -0.2) is 0 Å². The molecule has 1 rings (SSSR count). The number of pyridine rings is 1. The average molecular weight is 217 g/mol. The number of hydrogen-bond donors (Lipinski definition) is 2. The lowest BCUT2D eigenvalue weighted by Crippen LogP contribution is -2.24. The van der Waals surface area contributed by atoms with Crippen LogP contribution in [0.1, 0.15) is 0 Å². The highest BCUT2D eigenvalue weighted by atomic mass is 35.5. The van der Waals surface area contributed by atoms with E-state index in [1.807, 2.05) is 0 Å². The summed E-state index contributed by atoms with van der Waals surface area (Å²) in [5, 5.41) is 12.9. The number of nitrogens with one attached hydrogen (secondary N) is 1. The first-order valence-electron chi connectivity index (χ1n) is 4.24. The topological polar surface area (TPSA) is 54.4 Å². The molecule has 0 saturated carbocycles. The first-order valence-corrected chi connectivity index (χ1v) is 4.62. The number of aliphatic hydroxyl groups is 1. The van der Waals surface area contributed by atoms with E-state index in [1.54, 1.807) is 25.6 Å². The van der Waals surface area contributed by atoms with Crippen molar-refractivity contribution in [2.45, 2.75) is 6.10 Å². The molecule has 78 valence electrons. The van der Waals surface area contributed by atoms with Crippen molar-refractivity contribution in [1.29, 1.82) is 0 Å². The van der Waals surface area contributed by atoms with Gasteiger partial charge in [0.2, 0.25) is 0 Å². The van der Waals surface area contributed by atoms with Crippen LogP contribution in [0.3, 0.4) is 0 Å². The fourth-order valence-corrected chi connectivity index (χ4v) is 1.18. The minimum Gasteiger partial charge on any atom is -0.389 e. The first-order chi connectivity index (χ1) is 6.74. The van der Waals surface area contributed by atoms with Gasteiger partial charge in [-0.05, 0) is 6.07 Å². The molecule has 2 N–H and O–H groups in total. The van der Waals surface area contributed by atoms with Crippen LogP contribution >= 0.6 is 11.6 Å². The molecule has 1 aromatic heterocycles. The summed E-state index contributed by atoms with van der Waals surface area (Å²) >= 11 is 5.85. The molecule has 1 unspecified atom stereocenters. The number of aliphatic hydroxyl groups excluding tert-OH is 1. The van der Waals surface area contributed by atoms with Crippen molar-refractivity contribution in [3.63, 3.8) is 0 Å². The number of anilines is 1. The Bertz CT molecular complexity index is 283. The van der Waals surface area contributed by atoms with E-state index in [1.165, 1.54) is 0 Å². The summed E-state index contributed by atoms with van der Waals surface area (Å²) in [4.78, 5) is 3.85. The predicted octanol–water partition coefficient (Wildman–Crippen LogP) is 1.15. The maximum atomic E-state index is 9.36. The van der Waals surface area contributed by atoms with Crippen molar-refractivity contribution in [2.24, 2.45) is 0 Å². The molecule has 1 heterocycles. The Morgan fingerprint density at radius 2 is 2.50 bits per heavy atom.